The lowest BCUT2D eigenvalue weighted by Gasteiger charge is -2.31. The maximum atomic E-state index is 13.5. The number of aromatic nitrogens is 5. The Labute approximate surface area is 186 Å². The minimum atomic E-state index is -0.366. The fraction of sp³-hybridized carbons (Fsp3) is 0.286. The zero-order chi connectivity index (χ0) is 21.2. The average molecular weight is 455 g/mol. The van der Waals surface area contributed by atoms with E-state index in [1.54, 1.807) is 23.5 Å². The van der Waals surface area contributed by atoms with Gasteiger partial charge in [0.25, 0.3) is 0 Å². The zero-order valence-corrected chi connectivity index (χ0v) is 18.2. The standard InChI is InChI=1S/C21H19FN6OS2/c22-15-6-3-7-16(11-15)28-21(24-25-26-28)30-13-19(29)27-10-4-5-14(12-27)20-23-17-8-1-2-9-18(17)31-20/h1-3,6-9,11,14H,4-5,10,12-13H2/t14-/m1/s1. The SMILES string of the molecule is O=C(CSc1nnnn1-c1cccc(F)c1)N1CCC[C@@H](c2nc3ccccc3s2)C1. The van der Waals surface area contributed by atoms with E-state index in [0.29, 0.717) is 17.4 Å². The Hall–Kier alpha value is -2.85. The molecule has 158 valence electrons. The van der Waals surface area contributed by atoms with Gasteiger partial charge < -0.3 is 4.90 Å². The number of para-hydroxylation sites is 1. The summed E-state index contributed by atoms with van der Waals surface area (Å²) in [7, 11) is 0. The van der Waals surface area contributed by atoms with Crippen LogP contribution in [0.1, 0.15) is 23.8 Å². The number of fused-ring (bicyclic) bond motifs is 1. The second kappa shape index (κ2) is 8.72. The van der Waals surface area contributed by atoms with Crippen molar-refractivity contribution < 1.29 is 9.18 Å². The maximum Gasteiger partial charge on any atom is 0.233 e. The number of carbonyl (C=O) groups is 1. The van der Waals surface area contributed by atoms with Crippen molar-refractivity contribution in [1.29, 1.82) is 0 Å². The molecule has 31 heavy (non-hydrogen) atoms. The molecular formula is C21H19FN6OS2. The number of tetrazole rings is 1. The number of carbonyl (C=O) groups excluding carboxylic acids is 1. The van der Waals surface area contributed by atoms with Crippen LogP contribution in [0.4, 0.5) is 4.39 Å². The fourth-order valence-corrected chi connectivity index (χ4v) is 5.61. The van der Waals surface area contributed by atoms with Crippen molar-refractivity contribution in [2.45, 2.75) is 23.9 Å². The summed E-state index contributed by atoms with van der Waals surface area (Å²) >= 11 is 2.97. The molecule has 1 amide bonds. The summed E-state index contributed by atoms with van der Waals surface area (Å²) in [4.78, 5) is 19.6. The van der Waals surface area contributed by atoms with Crippen molar-refractivity contribution in [2.24, 2.45) is 0 Å². The van der Waals surface area contributed by atoms with Crippen molar-refractivity contribution in [2.75, 3.05) is 18.8 Å². The molecule has 4 aromatic rings. The first-order valence-corrected chi connectivity index (χ1v) is 11.8. The highest BCUT2D eigenvalue weighted by atomic mass is 32.2. The van der Waals surface area contributed by atoms with Crippen molar-refractivity contribution in [1.82, 2.24) is 30.1 Å². The van der Waals surface area contributed by atoms with Gasteiger partial charge in [0.15, 0.2) is 0 Å². The van der Waals surface area contributed by atoms with E-state index < -0.39 is 0 Å². The first-order valence-electron chi connectivity index (χ1n) is 9.98. The van der Waals surface area contributed by atoms with Crippen LogP contribution in [0.25, 0.3) is 15.9 Å². The third kappa shape index (κ3) is 4.31. The lowest BCUT2D eigenvalue weighted by Crippen LogP contribution is -2.40. The lowest BCUT2D eigenvalue weighted by molar-refractivity contribution is -0.129. The molecule has 0 saturated carbocycles. The monoisotopic (exact) mass is 454 g/mol. The van der Waals surface area contributed by atoms with Crippen LogP contribution in [0.5, 0.6) is 0 Å². The van der Waals surface area contributed by atoms with Gasteiger partial charge in [-0.3, -0.25) is 4.79 Å². The topological polar surface area (TPSA) is 76.8 Å². The molecule has 5 rings (SSSR count). The third-order valence-corrected chi connectivity index (χ3v) is 7.36. The molecule has 3 heterocycles. The summed E-state index contributed by atoms with van der Waals surface area (Å²) in [6.07, 6.45) is 1.99. The van der Waals surface area contributed by atoms with Crippen molar-refractivity contribution in [3.05, 3.63) is 59.4 Å². The number of amides is 1. The Kier molecular flexibility index (Phi) is 5.65. The number of benzene rings is 2. The molecule has 2 aromatic carbocycles. The maximum absolute atomic E-state index is 13.5. The van der Waals surface area contributed by atoms with Crippen LogP contribution < -0.4 is 0 Å². The molecule has 0 unspecified atom stereocenters. The van der Waals surface area contributed by atoms with E-state index in [2.05, 4.69) is 21.6 Å². The van der Waals surface area contributed by atoms with Crippen LogP contribution in [-0.2, 0) is 4.79 Å². The molecule has 0 bridgehead atoms. The van der Waals surface area contributed by atoms with Gasteiger partial charge in [0.2, 0.25) is 11.1 Å². The highest BCUT2D eigenvalue weighted by Gasteiger charge is 2.27. The summed E-state index contributed by atoms with van der Waals surface area (Å²) < 4.78 is 16.2. The smallest absolute Gasteiger partial charge is 0.233 e. The Morgan fingerprint density at radius 3 is 3.00 bits per heavy atom. The van der Waals surface area contributed by atoms with E-state index in [9.17, 15) is 9.18 Å². The van der Waals surface area contributed by atoms with Crippen molar-refractivity contribution in [3.63, 3.8) is 0 Å². The van der Waals surface area contributed by atoms with Gasteiger partial charge in [0.05, 0.1) is 26.7 Å². The van der Waals surface area contributed by atoms with Gasteiger partial charge in [0, 0.05) is 19.0 Å². The number of nitrogens with zero attached hydrogens (tertiary/aromatic N) is 6. The fourth-order valence-electron chi connectivity index (χ4n) is 3.73. The number of hydrogen-bond donors (Lipinski definition) is 0. The number of likely N-dealkylation sites (tertiary alicyclic amines) is 1. The minimum absolute atomic E-state index is 0.0459. The minimum Gasteiger partial charge on any atom is -0.341 e. The Morgan fingerprint density at radius 2 is 2.13 bits per heavy atom. The summed E-state index contributed by atoms with van der Waals surface area (Å²) in [6.45, 7) is 1.42. The Morgan fingerprint density at radius 1 is 1.23 bits per heavy atom. The molecule has 2 aromatic heterocycles. The first kappa shape index (κ1) is 20.1. The average Bonchev–Trinajstić information content (AvgIpc) is 3.44. The van der Waals surface area contributed by atoms with Crippen molar-refractivity contribution in [3.8, 4) is 5.69 Å². The lowest BCUT2D eigenvalue weighted by atomic mass is 9.99. The highest BCUT2D eigenvalue weighted by Crippen LogP contribution is 2.33. The Bertz CT molecular complexity index is 1190. The van der Waals surface area contributed by atoms with E-state index >= 15 is 0 Å². The van der Waals surface area contributed by atoms with E-state index in [1.807, 2.05) is 23.1 Å². The van der Waals surface area contributed by atoms with Gasteiger partial charge in [-0.2, -0.15) is 4.68 Å². The first-order chi connectivity index (χ1) is 15.2. The molecule has 10 heteroatoms. The number of thioether (sulfide) groups is 1. The summed E-state index contributed by atoms with van der Waals surface area (Å²) in [5.74, 6) is 0.166. The van der Waals surface area contributed by atoms with Crippen LogP contribution in [0, 0.1) is 5.82 Å². The van der Waals surface area contributed by atoms with E-state index in [-0.39, 0.29) is 23.4 Å². The van der Waals surface area contributed by atoms with Gasteiger partial charge in [-0.05, 0) is 53.6 Å². The number of piperidine rings is 1. The molecule has 0 N–H and O–H groups in total. The third-order valence-electron chi connectivity index (χ3n) is 5.25. The molecule has 1 aliphatic rings. The summed E-state index contributed by atoms with van der Waals surface area (Å²) in [5.41, 5.74) is 1.54. The van der Waals surface area contributed by atoms with Crippen LogP contribution >= 0.6 is 23.1 Å². The molecule has 0 spiro atoms. The normalized spacial score (nSPS) is 16.7. The molecule has 1 aliphatic heterocycles. The molecule has 0 aliphatic carbocycles. The predicted octanol–water partition coefficient (Wildman–Crippen LogP) is 3.91. The number of halogens is 1. The van der Waals surface area contributed by atoms with E-state index in [1.165, 1.54) is 33.3 Å². The molecule has 0 radical (unpaired) electrons. The number of thiazole rings is 1. The van der Waals surface area contributed by atoms with Crippen LogP contribution in [-0.4, -0.2) is 54.8 Å². The van der Waals surface area contributed by atoms with Gasteiger partial charge >= 0.3 is 0 Å². The van der Waals surface area contributed by atoms with Gasteiger partial charge in [-0.1, -0.05) is 30.0 Å². The molecular weight excluding hydrogens is 435 g/mol. The second-order valence-corrected chi connectivity index (χ2v) is 9.35. The summed E-state index contributed by atoms with van der Waals surface area (Å²) in [6, 6.07) is 14.2. The van der Waals surface area contributed by atoms with Crippen LogP contribution in [0.2, 0.25) is 0 Å². The number of rotatable bonds is 5. The largest absolute Gasteiger partial charge is 0.341 e. The summed E-state index contributed by atoms with van der Waals surface area (Å²) in [5, 5.41) is 13.2. The van der Waals surface area contributed by atoms with E-state index in [0.717, 1.165) is 29.9 Å². The zero-order valence-electron chi connectivity index (χ0n) is 16.5. The molecule has 1 saturated heterocycles. The Balaban J connectivity index is 1.24. The van der Waals surface area contributed by atoms with Gasteiger partial charge in [-0.25, -0.2) is 9.37 Å². The van der Waals surface area contributed by atoms with Crippen LogP contribution in [0.3, 0.4) is 0 Å². The number of hydrogen-bond acceptors (Lipinski definition) is 7. The highest BCUT2D eigenvalue weighted by molar-refractivity contribution is 7.99. The molecule has 1 fully saturated rings. The van der Waals surface area contributed by atoms with Crippen molar-refractivity contribution >= 4 is 39.2 Å². The van der Waals surface area contributed by atoms with E-state index in [4.69, 9.17) is 4.98 Å². The van der Waals surface area contributed by atoms with Crippen LogP contribution in [0.15, 0.2) is 53.7 Å². The quantitative estimate of drug-likeness (QED) is 0.426. The van der Waals surface area contributed by atoms with Gasteiger partial charge in [-0.15, -0.1) is 16.4 Å². The molecule has 7 nitrogen and oxygen atoms in total. The molecule has 1 atom stereocenters. The van der Waals surface area contributed by atoms with Gasteiger partial charge in [0.1, 0.15) is 5.82 Å². The second-order valence-electron chi connectivity index (χ2n) is 7.34. The predicted molar refractivity (Wildman–Crippen MR) is 118 cm³/mol.